The van der Waals surface area contributed by atoms with Crippen LogP contribution in [0.1, 0.15) is 10.4 Å². The molecule has 0 radical (unpaired) electrons. The van der Waals surface area contributed by atoms with Gasteiger partial charge in [-0.15, -0.1) is 0 Å². The van der Waals surface area contributed by atoms with Gasteiger partial charge in [0, 0.05) is 11.1 Å². The highest BCUT2D eigenvalue weighted by molar-refractivity contribution is 5.90. The second-order valence-electron chi connectivity index (χ2n) is 4.80. The van der Waals surface area contributed by atoms with E-state index in [1.54, 1.807) is 12.1 Å². The smallest absolute Gasteiger partial charge is 0.335 e. The number of carbonyl (C=O) groups is 1. The van der Waals surface area contributed by atoms with Gasteiger partial charge in [-0.05, 0) is 36.4 Å². The molecule has 22 heavy (non-hydrogen) atoms. The van der Waals surface area contributed by atoms with E-state index in [1.165, 1.54) is 24.3 Å². The SMILES string of the molecule is O=C(O)c1cc(-c2ccccc2)nc(-c2ccc(F)cc2)c1. The number of carboxylic acid groups (broad SMARTS) is 1. The van der Waals surface area contributed by atoms with Gasteiger partial charge in [0.25, 0.3) is 0 Å². The molecular formula is C18H12FNO2. The predicted octanol–water partition coefficient (Wildman–Crippen LogP) is 4.25. The molecule has 0 fully saturated rings. The number of nitrogens with zero attached hydrogens (tertiary/aromatic N) is 1. The van der Waals surface area contributed by atoms with Gasteiger partial charge in [0.1, 0.15) is 5.82 Å². The number of carboxylic acids is 1. The first-order chi connectivity index (χ1) is 10.6. The highest BCUT2D eigenvalue weighted by Gasteiger charge is 2.11. The van der Waals surface area contributed by atoms with Crippen LogP contribution in [0.4, 0.5) is 4.39 Å². The molecule has 108 valence electrons. The average Bonchev–Trinajstić information content (AvgIpc) is 2.56. The Balaban J connectivity index is 2.16. The topological polar surface area (TPSA) is 50.2 Å². The fraction of sp³-hybridized carbons (Fsp3) is 0. The van der Waals surface area contributed by atoms with Crippen LogP contribution in [-0.4, -0.2) is 16.1 Å². The van der Waals surface area contributed by atoms with Crippen LogP contribution >= 0.6 is 0 Å². The van der Waals surface area contributed by atoms with Crippen molar-refractivity contribution < 1.29 is 14.3 Å². The standard InChI is InChI=1S/C18H12FNO2/c19-15-8-6-13(7-9-15)17-11-14(18(21)22)10-16(20-17)12-4-2-1-3-5-12/h1-11H,(H,21,22). The zero-order chi connectivity index (χ0) is 15.5. The van der Waals surface area contributed by atoms with Gasteiger partial charge in [-0.25, -0.2) is 14.2 Å². The molecule has 3 aromatic rings. The third-order valence-electron chi connectivity index (χ3n) is 3.28. The van der Waals surface area contributed by atoms with Crippen LogP contribution in [0.25, 0.3) is 22.5 Å². The van der Waals surface area contributed by atoms with Gasteiger partial charge in [0.2, 0.25) is 0 Å². The first-order valence-corrected chi connectivity index (χ1v) is 6.70. The molecule has 1 N–H and O–H groups in total. The Labute approximate surface area is 126 Å². The summed E-state index contributed by atoms with van der Waals surface area (Å²) in [7, 11) is 0. The largest absolute Gasteiger partial charge is 0.478 e. The zero-order valence-corrected chi connectivity index (χ0v) is 11.5. The van der Waals surface area contributed by atoms with Crippen molar-refractivity contribution in [3.8, 4) is 22.5 Å². The lowest BCUT2D eigenvalue weighted by atomic mass is 10.0. The highest BCUT2D eigenvalue weighted by Crippen LogP contribution is 2.25. The Kier molecular flexibility index (Phi) is 3.66. The summed E-state index contributed by atoms with van der Waals surface area (Å²) in [6.45, 7) is 0. The van der Waals surface area contributed by atoms with Crippen molar-refractivity contribution >= 4 is 5.97 Å². The summed E-state index contributed by atoms with van der Waals surface area (Å²) >= 11 is 0. The molecular weight excluding hydrogens is 281 g/mol. The minimum Gasteiger partial charge on any atom is -0.478 e. The van der Waals surface area contributed by atoms with Crippen molar-refractivity contribution in [1.82, 2.24) is 4.98 Å². The fourth-order valence-electron chi connectivity index (χ4n) is 2.18. The second kappa shape index (κ2) is 5.77. The van der Waals surface area contributed by atoms with Gasteiger partial charge in [-0.1, -0.05) is 30.3 Å². The predicted molar refractivity (Wildman–Crippen MR) is 82.0 cm³/mol. The summed E-state index contributed by atoms with van der Waals surface area (Å²) in [6, 6.07) is 18.2. The van der Waals surface area contributed by atoms with E-state index in [0.29, 0.717) is 17.0 Å². The van der Waals surface area contributed by atoms with Crippen molar-refractivity contribution in [2.24, 2.45) is 0 Å². The van der Waals surface area contributed by atoms with Gasteiger partial charge in [-0.3, -0.25) is 0 Å². The highest BCUT2D eigenvalue weighted by atomic mass is 19.1. The Morgan fingerprint density at radius 2 is 1.41 bits per heavy atom. The Morgan fingerprint density at radius 1 is 0.864 bits per heavy atom. The van der Waals surface area contributed by atoms with Crippen LogP contribution in [-0.2, 0) is 0 Å². The minimum absolute atomic E-state index is 0.146. The van der Waals surface area contributed by atoms with Crippen LogP contribution in [0.5, 0.6) is 0 Å². The number of benzene rings is 2. The van der Waals surface area contributed by atoms with Crippen LogP contribution in [0.3, 0.4) is 0 Å². The summed E-state index contributed by atoms with van der Waals surface area (Å²) in [5.74, 6) is -1.37. The second-order valence-corrected chi connectivity index (χ2v) is 4.80. The summed E-state index contributed by atoms with van der Waals surface area (Å²) in [6.07, 6.45) is 0. The average molecular weight is 293 g/mol. The number of hydrogen-bond donors (Lipinski definition) is 1. The van der Waals surface area contributed by atoms with E-state index < -0.39 is 5.97 Å². The Bertz CT molecular complexity index is 814. The van der Waals surface area contributed by atoms with Crippen LogP contribution in [0, 0.1) is 5.82 Å². The van der Waals surface area contributed by atoms with Gasteiger partial charge in [0.15, 0.2) is 0 Å². The maximum atomic E-state index is 13.0. The van der Waals surface area contributed by atoms with Gasteiger partial charge in [-0.2, -0.15) is 0 Å². The van der Waals surface area contributed by atoms with Crippen molar-refractivity contribution in [3.05, 3.63) is 78.1 Å². The molecule has 0 unspecified atom stereocenters. The lowest BCUT2D eigenvalue weighted by Crippen LogP contribution is -2.00. The number of aromatic nitrogens is 1. The number of hydrogen-bond acceptors (Lipinski definition) is 2. The van der Waals surface area contributed by atoms with Crippen molar-refractivity contribution in [2.45, 2.75) is 0 Å². The van der Waals surface area contributed by atoms with Crippen LogP contribution in [0.15, 0.2) is 66.7 Å². The normalized spacial score (nSPS) is 10.4. The maximum Gasteiger partial charge on any atom is 0.335 e. The Morgan fingerprint density at radius 3 is 1.95 bits per heavy atom. The molecule has 0 aliphatic rings. The number of rotatable bonds is 3. The monoisotopic (exact) mass is 293 g/mol. The molecule has 2 aromatic carbocycles. The van der Waals surface area contributed by atoms with E-state index in [1.807, 2.05) is 30.3 Å². The molecule has 0 aliphatic carbocycles. The first-order valence-electron chi connectivity index (χ1n) is 6.70. The quantitative estimate of drug-likeness (QED) is 0.785. The molecule has 4 heteroatoms. The third kappa shape index (κ3) is 2.86. The molecule has 3 rings (SSSR count). The molecule has 0 saturated carbocycles. The fourth-order valence-corrected chi connectivity index (χ4v) is 2.18. The van der Waals surface area contributed by atoms with Gasteiger partial charge in [0.05, 0.1) is 17.0 Å². The molecule has 0 aliphatic heterocycles. The number of pyridine rings is 1. The first kappa shape index (κ1) is 13.9. The van der Waals surface area contributed by atoms with Gasteiger partial charge < -0.3 is 5.11 Å². The minimum atomic E-state index is -1.03. The molecule has 0 spiro atoms. The number of aromatic carboxylic acids is 1. The van der Waals surface area contributed by atoms with Crippen molar-refractivity contribution in [2.75, 3.05) is 0 Å². The summed E-state index contributed by atoms with van der Waals surface area (Å²) in [5, 5.41) is 9.28. The molecule has 0 atom stereocenters. The van der Waals surface area contributed by atoms with E-state index >= 15 is 0 Å². The van der Waals surface area contributed by atoms with Gasteiger partial charge >= 0.3 is 5.97 Å². The molecule has 0 saturated heterocycles. The number of halogens is 1. The summed E-state index contributed by atoms with van der Waals surface area (Å²) in [5.41, 5.74) is 2.71. The van der Waals surface area contributed by atoms with Crippen molar-refractivity contribution in [3.63, 3.8) is 0 Å². The third-order valence-corrected chi connectivity index (χ3v) is 3.28. The van der Waals surface area contributed by atoms with E-state index in [4.69, 9.17) is 0 Å². The lowest BCUT2D eigenvalue weighted by molar-refractivity contribution is 0.0697. The van der Waals surface area contributed by atoms with Crippen LogP contribution < -0.4 is 0 Å². The lowest BCUT2D eigenvalue weighted by Gasteiger charge is -2.07. The van der Waals surface area contributed by atoms with Crippen molar-refractivity contribution in [1.29, 1.82) is 0 Å². The van der Waals surface area contributed by atoms with E-state index in [9.17, 15) is 14.3 Å². The van der Waals surface area contributed by atoms with E-state index in [-0.39, 0.29) is 11.4 Å². The summed E-state index contributed by atoms with van der Waals surface area (Å²) < 4.78 is 13.0. The molecule has 3 nitrogen and oxygen atoms in total. The van der Waals surface area contributed by atoms with Crippen LogP contribution in [0.2, 0.25) is 0 Å². The van der Waals surface area contributed by atoms with E-state index in [0.717, 1.165) is 5.56 Å². The maximum absolute atomic E-state index is 13.0. The Hall–Kier alpha value is -3.01. The molecule has 1 heterocycles. The molecule has 1 aromatic heterocycles. The van der Waals surface area contributed by atoms with E-state index in [2.05, 4.69) is 4.98 Å². The molecule has 0 bridgehead atoms. The molecule has 0 amide bonds. The zero-order valence-electron chi connectivity index (χ0n) is 11.5. The summed E-state index contributed by atoms with van der Waals surface area (Å²) in [4.78, 5) is 15.8.